The molecule has 0 saturated carbocycles. The van der Waals surface area contributed by atoms with Crippen LogP contribution >= 0.6 is 0 Å². The third-order valence-corrected chi connectivity index (χ3v) is 3.94. The van der Waals surface area contributed by atoms with Gasteiger partial charge in [0.2, 0.25) is 0 Å². The lowest BCUT2D eigenvalue weighted by Gasteiger charge is -2.10. The highest BCUT2D eigenvalue weighted by atomic mass is 16.4. The van der Waals surface area contributed by atoms with Gasteiger partial charge in [-0.25, -0.2) is 4.79 Å². The molecule has 1 aromatic carbocycles. The SMILES string of the molecule is CCCCCCCCCc1cc(CC)cc(C(=O)O)c1O. The fraction of sp³-hybridized carbons (Fsp3) is 0.611. The second kappa shape index (κ2) is 9.43. The third kappa shape index (κ3) is 5.78. The fourth-order valence-corrected chi connectivity index (χ4v) is 2.59. The molecule has 0 fully saturated rings. The standard InChI is InChI=1S/C18H28O3/c1-3-5-6-7-8-9-10-11-15-12-14(4-2)13-16(17(15)19)18(20)21/h12-13,19H,3-11H2,1-2H3,(H,20,21). The summed E-state index contributed by atoms with van der Waals surface area (Å²) in [5.41, 5.74) is 1.79. The van der Waals surface area contributed by atoms with E-state index in [0.29, 0.717) is 0 Å². The summed E-state index contributed by atoms with van der Waals surface area (Å²) in [6.07, 6.45) is 10.1. The van der Waals surface area contributed by atoms with Crippen molar-refractivity contribution in [3.8, 4) is 5.75 Å². The van der Waals surface area contributed by atoms with Gasteiger partial charge < -0.3 is 10.2 Å². The van der Waals surface area contributed by atoms with Crippen molar-refractivity contribution in [1.29, 1.82) is 0 Å². The molecule has 0 unspecified atom stereocenters. The summed E-state index contributed by atoms with van der Waals surface area (Å²) in [5, 5.41) is 19.2. The fourth-order valence-electron chi connectivity index (χ4n) is 2.59. The van der Waals surface area contributed by atoms with Gasteiger partial charge >= 0.3 is 5.97 Å². The van der Waals surface area contributed by atoms with Crippen LogP contribution in [-0.2, 0) is 12.8 Å². The Morgan fingerprint density at radius 3 is 2.19 bits per heavy atom. The molecule has 2 N–H and O–H groups in total. The lowest BCUT2D eigenvalue weighted by molar-refractivity contribution is 0.0693. The first kappa shape index (κ1) is 17.5. The van der Waals surface area contributed by atoms with Gasteiger partial charge in [0.15, 0.2) is 0 Å². The maximum absolute atomic E-state index is 11.2. The Kier molecular flexibility index (Phi) is 7.88. The molecule has 118 valence electrons. The molecule has 0 radical (unpaired) electrons. The molecule has 1 aromatic rings. The quantitative estimate of drug-likeness (QED) is 0.600. The topological polar surface area (TPSA) is 57.5 Å². The zero-order valence-corrected chi connectivity index (χ0v) is 13.3. The molecular weight excluding hydrogens is 264 g/mol. The molecule has 0 bridgehead atoms. The highest BCUT2D eigenvalue weighted by Gasteiger charge is 2.14. The molecule has 0 aliphatic rings. The number of aromatic carboxylic acids is 1. The predicted molar refractivity (Wildman–Crippen MR) is 86.1 cm³/mol. The van der Waals surface area contributed by atoms with Crippen LogP contribution in [-0.4, -0.2) is 16.2 Å². The van der Waals surface area contributed by atoms with Crippen molar-refractivity contribution in [1.82, 2.24) is 0 Å². The molecule has 0 aliphatic heterocycles. The van der Waals surface area contributed by atoms with E-state index < -0.39 is 5.97 Å². The Hall–Kier alpha value is -1.51. The highest BCUT2D eigenvalue weighted by molar-refractivity contribution is 5.91. The van der Waals surface area contributed by atoms with Crippen LogP contribution in [0.2, 0.25) is 0 Å². The van der Waals surface area contributed by atoms with E-state index in [1.807, 2.05) is 13.0 Å². The number of carbonyl (C=O) groups is 1. The monoisotopic (exact) mass is 292 g/mol. The van der Waals surface area contributed by atoms with Gasteiger partial charge in [-0.3, -0.25) is 0 Å². The number of benzene rings is 1. The van der Waals surface area contributed by atoms with E-state index >= 15 is 0 Å². The second-order valence-electron chi connectivity index (χ2n) is 5.68. The van der Waals surface area contributed by atoms with Crippen LogP contribution in [0.3, 0.4) is 0 Å². The van der Waals surface area contributed by atoms with E-state index in [2.05, 4.69) is 6.92 Å². The largest absolute Gasteiger partial charge is 0.507 e. The minimum atomic E-state index is -1.05. The summed E-state index contributed by atoms with van der Waals surface area (Å²) in [6, 6.07) is 3.52. The molecule has 0 amide bonds. The maximum Gasteiger partial charge on any atom is 0.339 e. The molecule has 0 spiro atoms. The minimum absolute atomic E-state index is 0.0345. The molecule has 3 nitrogen and oxygen atoms in total. The molecule has 21 heavy (non-hydrogen) atoms. The average molecular weight is 292 g/mol. The molecule has 0 atom stereocenters. The second-order valence-corrected chi connectivity index (χ2v) is 5.68. The number of carboxylic acids is 1. The Balaban J connectivity index is 2.54. The Morgan fingerprint density at radius 2 is 1.62 bits per heavy atom. The number of phenols is 1. The van der Waals surface area contributed by atoms with E-state index in [0.717, 1.165) is 36.8 Å². The van der Waals surface area contributed by atoms with Crippen molar-refractivity contribution < 1.29 is 15.0 Å². The lowest BCUT2D eigenvalue weighted by atomic mass is 9.98. The van der Waals surface area contributed by atoms with Crippen molar-refractivity contribution in [2.24, 2.45) is 0 Å². The first-order valence-corrected chi connectivity index (χ1v) is 8.18. The predicted octanol–water partition coefficient (Wildman–Crippen LogP) is 4.95. The number of unbranched alkanes of at least 4 members (excludes halogenated alkanes) is 6. The van der Waals surface area contributed by atoms with Crippen molar-refractivity contribution >= 4 is 5.97 Å². The Labute approximate surface area is 128 Å². The highest BCUT2D eigenvalue weighted by Crippen LogP contribution is 2.27. The van der Waals surface area contributed by atoms with Gasteiger partial charge in [0.05, 0.1) is 0 Å². The molecule has 0 aliphatic carbocycles. The van der Waals surface area contributed by atoms with E-state index in [1.54, 1.807) is 6.07 Å². The number of hydrogen-bond donors (Lipinski definition) is 2. The van der Waals surface area contributed by atoms with Crippen LogP contribution < -0.4 is 0 Å². The van der Waals surface area contributed by atoms with Crippen LogP contribution in [0.25, 0.3) is 0 Å². The molecule has 0 aromatic heterocycles. The zero-order chi connectivity index (χ0) is 15.7. The molecular formula is C18H28O3. The van der Waals surface area contributed by atoms with Gasteiger partial charge in [0, 0.05) is 0 Å². The number of aromatic hydroxyl groups is 1. The summed E-state index contributed by atoms with van der Waals surface area (Å²) >= 11 is 0. The Bertz CT molecular complexity index is 452. The van der Waals surface area contributed by atoms with Crippen molar-refractivity contribution in [3.63, 3.8) is 0 Å². The average Bonchev–Trinajstić information content (AvgIpc) is 2.47. The first-order chi connectivity index (χ1) is 10.1. The molecule has 0 saturated heterocycles. The minimum Gasteiger partial charge on any atom is -0.507 e. The third-order valence-electron chi connectivity index (χ3n) is 3.94. The summed E-state index contributed by atoms with van der Waals surface area (Å²) in [7, 11) is 0. The van der Waals surface area contributed by atoms with Crippen molar-refractivity contribution in [2.45, 2.75) is 71.6 Å². The Morgan fingerprint density at radius 1 is 1.00 bits per heavy atom. The summed E-state index contributed by atoms with van der Waals surface area (Å²) in [6.45, 7) is 4.21. The van der Waals surface area contributed by atoms with Gasteiger partial charge in [-0.1, -0.05) is 58.4 Å². The van der Waals surface area contributed by atoms with Crippen LogP contribution in [0.4, 0.5) is 0 Å². The summed E-state index contributed by atoms with van der Waals surface area (Å²) < 4.78 is 0. The molecule has 3 heteroatoms. The van der Waals surface area contributed by atoms with Gasteiger partial charge in [0.1, 0.15) is 11.3 Å². The normalized spacial score (nSPS) is 10.8. The number of rotatable bonds is 10. The van der Waals surface area contributed by atoms with Crippen LogP contribution in [0.5, 0.6) is 5.75 Å². The number of carboxylic acid groups (broad SMARTS) is 1. The van der Waals surface area contributed by atoms with E-state index in [1.165, 1.54) is 32.1 Å². The molecule has 0 heterocycles. The first-order valence-electron chi connectivity index (χ1n) is 8.18. The van der Waals surface area contributed by atoms with E-state index in [9.17, 15) is 9.90 Å². The summed E-state index contributed by atoms with van der Waals surface area (Å²) in [5.74, 6) is -1.10. The lowest BCUT2D eigenvalue weighted by Crippen LogP contribution is -2.01. The van der Waals surface area contributed by atoms with E-state index in [-0.39, 0.29) is 11.3 Å². The van der Waals surface area contributed by atoms with Crippen molar-refractivity contribution in [2.75, 3.05) is 0 Å². The number of aryl methyl sites for hydroxylation is 2. The van der Waals surface area contributed by atoms with Crippen LogP contribution in [0.15, 0.2) is 12.1 Å². The summed E-state index contributed by atoms with van der Waals surface area (Å²) in [4.78, 5) is 11.2. The van der Waals surface area contributed by atoms with Gasteiger partial charge in [-0.2, -0.15) is 0 Å². The number of hydrogen-bond acceptors (Lipinski definition) is 2. The van der Waals surface area contributed by atoms with Crippen LogP contribution in [0.1, 0.15) is 80.3 Å². The van der Waals surface area contributed by atoms with Gasteiger partial charge in [0.25, 0.3) is 0 Å². The maximum atomic E-state index is 11.2. The smallest absolute Gasteiger partial charge is 0.339 e. The van der Waals surface area contributed by atoms with Gasteiger partial charge in [-0.05, 0) is 36.5 Å². The van der Waals surface area contributed by atoms with Gasteiger partial charge in [-0.15, -0.1) is 0 Å². The van der Waals surface area contributed by atoms with Crippen LogP contribution in [0, 0.1) is 0 Å². The molecule has 1 rings (SSSR count). The van der Waals surface area contributed by atoms with Crippen molar-refractivity contribution in [3.05, 3.63) is 28.8 Å². The zero-order valence-electron chi connectivity index (χ0n) is 13.3. The van der Waals surface area contributed by atoms with E-state index in [4.69, 9.17) is 5.11 Å².